The molecule has 2 amide bonds. The van der Waals surface area contributed by atoms with Crippen molar-refractivity contribution in [1.29, 1.82) is 0 Å². The maximum atomic E-state index is 12.3. The Bertz CT molecular complexity index is 581. The van der Waals surface area contributed by atoms with Crippen molar-refractivity contribution in [2.45, 2.75) is 31.5 Å². The van der Waals surface area contributed by atoms with Gasteiger partial charge in [-0.15, -0.1) is 5.06 Å². The molecule has 0 aromatic heterocycles. The molecule has 2 bridgehead atoms. The van der Waals surface area contributed by atoms with E-state index in [9.17, 15) is 9.59 Å². The number of amides is 2. The zero-order valence-electron chi connectivity index (χ0n) is 11.3. The largest absolute Gasteiger partial charge is 0.285 e. The van der Waals surface area contributed by atoms with Gasteiger partial charge in [0.2, 0.25) is 0 Å². The lowest BCUT2D eigenvalue weighted by atomic mass is 9.95. The van der Waals surface area contributed by atoms with Crippen molar-refractivity contribution in [3.05, 3.63) is 35.4 Å². The van der Waals surface area contributed by atoms with Gasteiger partial charge in [0.25, 0.3) is 11.8 Å². The molecule has 110 valence electrons. The second-order valence-corrected chi connectivity index (χ2v) is 5.92. The van der Waals surface area contributed by atoms with Gasteiger partial charge in [-0.3, -0.25) is 19.7 Å². The monoisotopic (exact) mass is 289 g/mol. The predicted octanol–water partition coefficient (Wildman–Crippen LogP) is 1.87. The standard InChI is InChI=1S/C15H15NO5/c17-14-10-3-1-2-4-11(10)15(18)16(14)20-12-8-5-6-9(7-8)13(12)21-19/h1-4,8-9,12-13,19H,5-7H2/t8-,9+,12-,13-/m1/s1. The van der Waals surface area contributed by atoms with Crippen LogP contribution in [0, 0.1) is 11.8 Å². The van der Waals surface area contributed by atoms with E-state index in [1.807, 2.05) is 0 Å². The van der Waals surface area contributed by atoms with Gasteiger partial charge in [0, 0.05) is 0 Å². The molecule has 1 heterocycles. The Balaban J connectivity index is 1.59. The molecule has 1 aromatic carbocycles. The van der Waals surface area contributed by atoms with Crippen molar-refractivity contribution < 1.29 is 24.6 Å². The van der Waals surface area contributed by atoms with Crippen LogP contribution in [0.15, 0.2) is 24.3 Å². The van der Waals surface area contributed by atoms with E-state index in [2.05, 4.69) is 4.89 Å². The maximum Gasteiger partial charge on any atom is 0.285 e. The van der Waals surface area contributed by atoms with Gasteiger partial charge in [0.15, 0.2) is 0 Å². The fourth-order valence-electron chi connectivity index (χ4n) is 3.86. The summed E-state index contributed by atoms with van der Waals surface area (Å²) in [6, 6.07) is 6.65. The lowest BCUT2D eigenvalue weighted by Crippen LogP contribution is -2.43. The number of carbonyl (C=O) groups is 2. The number of imide groups is 1. The van der Waals surface area contributed by atoms with E-state index >= 15 is 0 Å². The van der Waals surface area contributed by atoms with E-state index in [1.165, 1.54) is 0 Å². The van der Waals surface area contributed by atoms with Crippen LogP contribution in [0.2, 0.25) is 0 Å². The highest BCUT2D eigenvalue weighted by Gasteiger charge is 2.52. The van der Waals surface area contributed by atoms with E-state index in [1.54, 1.807) is 24.3 Å². The van der Waals surface area contributed by atoms with E-state index in [0.717, 1.165) is 24.3 Å². The first-order valence-electron chi connectivity index (χ1n) is 7.15. The molecule has 0 unspecified atom stereocenters. The van der Waals surface area contributed by atoms with Crippen LogP contribution in [0.3, 0.4) is 0 Å². The average molecular weight is 289 g/mol. The van der Waals surface area contributed by atoms with Crippen LogP contribution >= 0.6 is 0 Å². The molecule has 1 aliphatic heterocycles. The second-order valence-electron chi connectivity index (χ2n) is 5.92. The Kier molecular flexibility index (Phi) is 2.85. The van der Waals surface area contributed by atoms with Crippen molar-refractivity contribution in [3.63, 3.8) is 0 Å². The number of rotatable bonds is 3. The van der Waals surface area contributed by atoms with Crippen LogP contribution in [-0.4, -0.2) is 34.3 Å². The Labute approximate surface area is 121 Å². The molecule has 6 heteroatoms. The summed E-state index contributed by atoms with van der Waals surface area (Å²) in [4.78, 5) is 34.8. The van der Waals surface area contributed by atoms with Crippen LogP contribution in [0.5, 0.6) is 0 Å². The molecular formula is C15H15NO5. The van der Waals surface area contributed by atoms with Crippen molar-refractivity contribution in [1.82, 2.24) is 5.06 Å². The van der Waals surface area contributed by atoms with Crippen LogP contribution < -0.4 is 0 Å². The summed E-state index contributed by atoms with van der Waals surface area (Å²) < 4.78 is 0. The molecule has 2 aliphatic carbocycles. The molecular weight excluding hydrogens is 274 g/mol. The number of carbonyl (C=O) groups excluding carboxylic acids is 2. The molecule has 0 radical (unpaired) electrons. The Morgan fingerprint density at radius 1 is 1.00 bits per heavy atom. The van der Waals surface area contributed by atoms with E-state index < -0.39 is 24.0 Å². The first kappa shape index (κ1) is 12.9. The molecule has 0 saturated heterocycles. The predicted molar refractivity (Wildman–Crippen MR) is 70.1 cm³/mol. The van der Waals surface area contributed by atoms with Gasteiger partial charge in [-0.1, -0.05) is 12.1 Å². The van der Waals surface area contributed by atoms with Crippen molar-refractivity contribution in [3.8, 4) is 0 Å². The third kappa shape index (κ3) is 1.76. The van der Waals surface area contributed by atoms with Crippen LogP contribution in [0.1, 0.15) is 40.0 Å². The van der Waals surface area contributed by atoms with E-state index in [-0.39, 0.29) is 11.8 Å². The molecule has 1 N–H and O–H groups in total. The van der Waals surface area contributed by atoms with Gasteiger partial charge in [-0.2, -0.15) is 0 Å². The van der Waals surface area contributed by atoms with Gasteiger partial charge in [0.05, 0.1) is 11.1 Å². The van der Waals surface area contributed by atoms with Gasteiger partial charge in [-0.25, -0.2) is 4.89 Å². The minimum atomic E-state index is -0.465. The average Bonchev–Trinajstić information content (AvgIpc) is 3.17. The zero-order chi connectivity index (χ0) is 14.6. The number of hydrogen-bond acceptors (Lipinski definition) is 5. The lowest BCUT2D eigenvalue weighted by molar-refractivity contribution is -0.322. The molecule has 4 atom stereocenters. The molecule has 2 saturated carbocycles. The molecule has 0 spiro atoms. The Morgan fingerprint density at radius 3 is 2.14 bits per heavy atom. The summed E-state index contributed by atoms with van der Waals surface area (Å²) in [6.45, 7) is 0. The Morgan fingerprint density at radius 2 is 1.57 bits per heavy atom. The van der Waals surface area contributed by atoms with Gasteiger partial charge < -0.3 is 0 Å². The summed E-state index contributed by atoms with van der Waals surface area (Å²) in [5, 5.41) is 9.89. The normalized spacial score (nSPS) is 33.9. The number of hydroxylamine groups is 2. The van der Waals surface area contributed by atoms with Crippen LogP contribution in [-0.2, 0) is 9.73 Å². The fraction of sp³-hybridized carbons (Fsp3) is 0.467. The SMILES string of the molecule is O=C1c2ccccc2C(=O)N1O[C@@H]1[C@@H]2CC[C@@H](C2)[C@H]1OO. The van der Waals surface area contributed by atoms with Crippen molar-refractivity contribution >= 4 is 11.8 Å². The summed E-state index contributed by atoms with van der Waals surface area (Å²) in [5.74, 6) is -0.443. The van der Waals surface area contributed by atoms with Crippen molar-refractivity contribution in [2.24, 2.45) is 11.8 Å². The van der Waals surface area contributed by atoms with E-state index in [4.69, 9.17) is 10.1 Å². The topological polar surface area (TPSA) is 76.1 Å². The third-order valence-electron chi connectivity index (χ3n) is 4.87. The third-order valence-corrected chi connectivity index (χ3v) is 4.87. The lowest BCUT2D eigenvalue weighted by Gasteiger charge is -2.30. The minimum Gasteiger partial charge on any atom is -0.266 e. The summed E-state index contributed by atoms with van der Waals surface area (Å²) in [6.07, 6.45) is 1.94. The van der Waals surface area contributed by atoms with Crippen molar-refractivity contribution in [2.75, 3.05) is 0 Å². The number of hydrogen-bond donors (Lipinski definition) is 1. The fourth-order valence-corrected chi connectivity index (χ4v) is 3.86. The first-order chi connectivity index (χ1) is 10.2. The van der Waals surface area contributed by atoms with Crippen LogP contribution in [0.4, 0.5) is 0 Å². The minimum absolute atomic E-state index is 0.219. The highest BCUT2D eigenvalue weighted by Crippen LogP contribution is 2.47. The van der Waals surface area contributed by atoms with Gasteiger partial charge >= 0.3 is 0 Å². The van der Waals surface area contributed by atoms with Crippen LogP contribution in [0.25, 0.3) is 0 Å². The quantitative estimate of drug-likeness (QED) is 0.522. The smallest absolute Gasteiger partial charge is 0.266 e. The Hall–Kier alpha value is -1.76. The molecule has 1 aromatic rings. The summed E-state index contributed by atoms with van der Waals surface area (Å²) in [7, 11) is 0. The molecule has 3 aliphatic rings. The van der Waals surface area contributed by atoms with Gasteiger partial charge in [0.1, 0.15) is 12.2 Å². The number of nitrogens with zero attached hydrogens (tertiary/aromatic N) is 1. The second kappa shape index (κ2) is 4.62. The number of fused-ring (bicyclic) bond motifs is 3. The maximum absolute atomic E-state index is 12.3. The molecule has 6 nitrogen and oxygen atoms in total. The molecule has 21 heavy (non-hydrogen) atoms. The molecule has 2 fully saturated rings. The zero-order valence-corrected chi connectivity index (χ0v) is 11.3. The van der Waals surface area contributed by atoms with Gasteiger partial charge in [-0.05, 0) is 43.2 Å². The number of benzene rings is 1. The highest BCUT2D eigenvalue weighted by molar-refractivity contribution is 6.20. The summed E-state index contributed by atoms with van der Waals surface area (Å²) in [5.41, 5.74) is 0.708. The van der Waals surface area contributed by atoms with E-state index in [0.29, 0.717) is 11.1 Å². The first-order valence-corrected chi connectivity index (χ1v) is 7.15. The highest BCUT2D eigenvalue weighted by atomic mass is 17.1. The summed E-state index contributed by atoms with van der Waals surface area (Å²) >= 11 is 0. The molecule has 4 rings (SSSR count).